The molecule has 174 valence electrons. The molecule has 0 bridgehead atoms. The monoisotopic (exact) mass is 443 g/mol. The van der Waals surface area contributed by atoms with E-state index in [1.807, 2.05) is 44.2 Å². The summed E-state index contributed by atoms with van der Waals surface area (Å²) in [5.74, 6) is 0.443. The summed E-state index contributed by atoms with van der Waals surface area (Å²) in [5.41, 5.74) is 4.30. The largest absolute Gasteiger partial charge is 0.507 e. The minimum absolute atomic E-state index is 0.0213. The van der Waals surface area contributed by atoms with Gasteiger partial charge in [0.05, 0.1) is 12.6 Å². The van der Waals surface area contributed by atoms with Crippen LogP contribution in [0.1, 0.15) is 69.4 Å². The summed E-state index contributed by atoms with van der Waals surface area (Å²) in [6.07, 6.45) is 1.73. The van der Waals surface area contributed by atoms with Crippen LogP contribution in [-0.2, 0) is 10.8 Å². The Bertz CT molecular complexity index is 1080. The van der Waals surface area contributed by atoms with Crippen LogP contribution < -0.4 is 0 Å². The van der Waals surface area contributed by atoms with Crippen LogP contribution in [0.2, 0.25) is 0 Å². The van der Waals surface area contributed by atoms with Gasteiger partial charge >= 0.3 is 0 Å². The van der Waals surface area contributed by atoms with Gasteiger partial charge in [0.1, 0.15) is 5.75 Å². The molecule has 2 N–H and O–H groups in total. The number of rotatable bonds is 8. The number of aliphatic hydroxyl groups is 1. The first kappa shape index (κ1) is 24.7. The van der Waals surface area contributed by atoms with Crippen LogP contribution in [0.5, 0.6) is 5.75 Å². The van der Waals surface area contributed by atoms with E-state index in [0.29, 0.717) is 5.56 Å². The van der Waals surface area contributed by atoms with Crippen molar-refractivity contribution in [3.63, 3.8) is 0 Å². The summed E-state index contributed by atoms with van der Waals surface area (Å²) >= 11 is 0. The van der Waals surface area contributed by atoms with Crippen LogP contribution in [0.15, 0.2) is 77.8 Å². The minimum atomic E-state index is -0.412. The van der Waals surface area contributed by atoms with E-state index in [0.717, 1.165) is 16.7 Å². The van der Waals surface area contributed by atoms with Crippen molar-refractivity contribution in [2.45, 2.75) is 58.4 Å². The Morgan fingerprint density at radius 3 is 1.79 bits per heavy atom. The fourth-order valence-electron chi connectivity index (χ4n) is 4.23. The van der Waals surface area contributed by atoms with Gasteiger partial charge in [-0.1, -0.05) is 108 Å². The quantitative estimate of drug-likeness (QED) is 0.392. The number of hydrogen-bond acceptors (Lipinski definition) is 3. The number of phenols is 1. The third-order valence-electron chi connectivity index (χ3n) is 6.89. The van der Waals surface area contributed by atoms with Gasteiger partial charge in [-0.05, 0) is 28.7 Å². The average Bonchev–Trinajstić information content (AvgIpc) is 2.81. The van der Waals surface area contributed by atoms with Crippen molar-refractivity contribution in [1.29, 1.82) is 0 Å². The zero-order valence-corrected chi connectivity index (χ0v) is 20.7. The van der Waals surface area contributed by atoms with Gasteiger partial charge < -0.3 is 10.2 Å². The molecule has 33 heavy (non-hydrogen) atoms. The fourth-order valence-corrected chi connectivity index (χ4v) is 4.23. The Labute approximate surface area is 198 Å². The van der Waals surface area contributed by atoms with Gasteiger partial charge in [-0.25, -0.2) is 0 Å². The highest BCUT2D eigenvalue weighted by Gasteiger charge is 2.31. The lowest BCUT2D eigenvalue weighted by Crippen LogP contribution is -2.24. The smallest absolute Gasteiger partial charge is 0.128 e. The molecule has 0 heterocycles. The lowest BCUT2D eigenvalue weighted by Gasteiger charge is -2.32. The Balaban J connectivity index is 2.23. The van der Waals surface area contributed by atoms with E-state index in [4.69, 9.17) is 0 Å². The second-order valence-electron chi connectivity index (χ2n) is 10.2. The van der Waals surface area contributed by atoms with Crippen molar-refractivity contribution >= 4 is 6.21 Å². The molecule has 1 atom stereocenters. The van der Waals surface area contributed by atoms with Gasteiger partial charge in [0, 0.05) is 28.2 Å². The molecule has 0 aliphatic rings. The van der Waals surface area contributed by atoms with E-state index < -0.39 is 5.41 Å². The zero-order valence-electron chi connectivity index (χ0n) is 20.7. The third-order valence-corrected chi connectivity index (χ3v) is 6.89. The van der Waals surface area contributed by atoms with Crippen LogP contribution in [0.25, 0.3) is 0 Å². The molecule has 0 saturated carbocycles. The van der Waals surface area contributed by atoms with Crippen molar-refractivity contribution in [1.82, 2.24) is 0 Å². The molecule has 0 fully saturated rings. The normalized spacial score (nSPS) is 13.6. The third kappa shape index (κ3) is 5.20. The molecular weight excluding hydrogens is 406 g/mol. The molecule has 0 radical (unpaired) electrons. The van der Waals surface area contributed by atoms with Crippen LogP contribution in [0, 0.1) is 5.92 Å². The second kappa shape index (κ2) is 9.93. The van der Waals surface area contributed by atoms with Crippen molar-refractivity contribution in [2.75, 3.05) is 6.61 Å². The van der Waals surface area contributed by atoms with E-state index in [1.54, 1.807) is 6.21 Å². The van der Waals surface area contributed by atoms with Crippen molar-refractivity contribution in [2.24, 2.45) is 10.9 Å². The van der Waals surface area contributed by atoms with Crippen molar-refractivity contribution in [3.8, 4) is 5.75 Å². The number of aromatic hydroxyl groups is 1. The highest BCUT2D eigenvalue weighted by Crippen LogP contribution is 2.42. The summed E-state index contributed by atoms with van der Waals surface area (Å²) in [4.78, 5) is 4.63. The molecule has 0 aliphatic heterocycles. The first-order valence-corrected chi connectivity index (χ1v) is 11.7. The number of aliphatic imine (C=N–C) groups is 1. The maximum absolute atomic E-state index is 11.4. The highest BCUT2D eigenvalue weighted by atomic mass is 16.3. The first-order chi connectivity index (χ1) is 15.6. The molecule has 0 aromatic heterocycles. The zero-order chi connectivity index (χ0) is 24.2. The fraction of sp³-hybridized carbons (Fsp3) is 0.367. The number of aliphatic hydroxyl groups excluding tert-OH is 1. The Kier molecular flexibility index (Phi) is 7.44. The number of hydrogen-bond donors (Lipinski definition) is 2. The summed E-state index contributed by atoms with van der Waals surface area (Å²) in [5, 5.41) is 21.1. The molecule has 0 aliphatic carbocycles. The Morgan fingerprint density at radius 2 is 1.30 bits per heavy atom. The van der Waals surface area contributed by atoms with Gasteiger partial charge in [-0.15, -0.1) is 0 Å². The minimum Gasteiger partial charge on any atom is -0.507 e. The van der Waals surface area contributed by atoms with Crippen LogP contribution in [0.3, 0.4) is 0 Å². The lowest BCUT2D eigenvalue weighted by molar-refractivity contribution is 0.240. The second-order valence-corrected chi connectivity index (χ2v) is 10.2. The maximum Gasteiger partial charge on any atom is 0.128 e. The van der Waals surface area contributed by atoms with E-state index in [1.165, 1.54) is 5.56 Å². The topological polar surface area (TPSA) is 52.8 Å². The van der Waals surface area contributed by atoms with Crippen molar-refractivity contribution in [3.05, 3.63) is 101 Å². The molecule has 3 rings (SSSR count). The van der Waals surface area contributed by atoms with Gasteiger partial charge in [-0.2, -0.15) is 0 Å². The Morgan fingerprint density at radius 1 is 0.788 bits per heavy atom. The molecule has 0 unspecified atom stereocenters. The highest BCUT2D eigenvalue weighted by molar-refractivity contribution is 5.85. The predicted molar refractivity (Wildman–Crippen MR) is 139 cm³/mol. The predicted octanol–water partition coefficient (Wildman–Crippen LogP) is 6.48. The SMILES string of the molecule is CC(C)[C@@H](CO)N=Cc1cc(C(C)(C)c2ccccc2)cc(C(C)(C)c2ccccc2)c1O. The molecule has 0 amide bonds. The molecular formula is C30H37NO2. The maximum atomic E-state index is 11.4. The molecule has 3 nitrogen and oxygen atoms in total. The number of nitrogens with zero attached hydrogens (tertiary/aromatic N) is 1. The summed E-state index contributed by atoms with van der Waals surface area (Å²) in [6, 6.07) is 24.7. The molecule has 3 aromatic carbocycles. The number of phenolic OH excluding ortho intramolecular Hbond substituents is 1. The molecule has 0 spiro atoms. The summed E-state index contributed by atoms with van der Waals surface area (Å²) < 4.78 is 0. The van der Waals surface area contributed by atoms with E-state index in [9.17, 15) is 10.2 Å². The average molecular weight is 444 g/mol. The van der Waals surface area contributed by atoms with E-state index in [2.05, 4.69) is 75.2 Å². The van der Waals surface area contributed by atoms with Crippen LogP contribution >= 0.6 is 0 Å². The standard InChI is InChI=1S/C30H37NO2/c1-21(2)27(20-32)31-19-22-17-25(29(3,4)23-13-9-7-10-14-23)18-26(28(22)33)30(5,6)24-15-11-8-12-16-24/h7-19,21,27,32-33H,20H2,1-6H3/t27-/m1/s1. The lowest BCUT2D eigenvalue weighted by atomic mass is 9.72. The molecule has 3 aromatic rings. The number of benzene rings is 3. The first-order valence-electron chi connectivity index (χ1n) is 11.7. The summed E-state index contributed by atoms with van der Waals surface area (Å²) in [7, 11) is 0. The van der Waals surface area contributed by atoms with Gasteiger partial charge in [0.15, 0.2) is 0 Å². The van der Waals surface area contributed by atoms with Crippen LogP contribution in [0.4, 0.5) is 0 Å². The van der Waals surface area contributed by atoms with E-state index >= 15 is 0 Å². The molecule has 0 saturated heterocycles. The molecule has 3 heteroatoms. The van der Waals surface area contributed by atoms with Gasteiger partial charge in [-0.3, -0.25) is 4.99 Å². The van der Waals surface area contributed by atoms with Gasteiger partial charge in [0.2, 0.25) is 0 Å². The van der Waals surface area contributed by atoms with E-state index in [-0.39, 0.29) is 29.7 Å². The van der Waals surface area contributed by atoms with Crippen molar-refractivity contribution < 1.29 is 10.2 Å². The summed E-state index contributed by atoms with van der Waals surface area (Å²) in [6.45, 7) is 12.8. The van der Waals surface area contributed by atoms with Crippen LogP contribution in [-0.4, -0.2) is 29.1 Å². The van der Waals surface area contributed by atoms with Gasteiger partial charge in [0.25, 0.3) is 0 Å². The Hall–Kier alpha value is -2.91.